The van der Waals surface area contributed by atoms with Gasteiger partial charge in [-0.05, 0) is 71.4 Å². The van der Waals surface area contributed by atoms with Crippen molar-refractivity contribution >= 4 is 40.9 Å². The molecule has 0 radical (unpaired) electrons. The van der Waals surface area contributed by atoms with Crippen molar-refractivity contribution in [3.63, 3.8) is 0 Å². The van der Waals surface area contributed by atoms with Crippen molar-refractivity contribution in [2.24, 2.45) is 11.8 Å². The summed E-state index contributed by atoms with van der Waals surface area (Å²) in [4.78, 5) is 30.3. The molecule has 5 nitrogen and oxygen atoms in total. The number of aliphatic hydroxyl groups is 1. The van der Waals surface area contributed by atoms with Crippen LogP contribution in [-0.2, 0) is 14.3 Å². The molecule has 1 N–H and O–H groups in total. The minimum absolute atomic E-state index is 0.0330. The maximum Gasteiger partial charge on any atom is 0.316 e. The standard InChI is InChI=1S/C26H39NO4S2/c1-16-9-8-10-17(2)24(29)19(4)25(30)26(6,7)33-15-23(28)31-22(12-11-16)18(3)13-21-14-32-20(5)27-21/h11,13-14,17,19,22,24,29H,8-10,12,15H2,1-7H3/b16-11-,18-13-/t17-,19+,22-,24-/m0/s1. The highest BCUT2D eigenvalue weighted by atomic mass is 32.2. The molecule has 1 aromatic heterocycles. The van der Waals surface area contributed by atoms with Crippen LogP contribution >= 0.6 is 23.1 Å². The molecule has 0 bridgehead atoms. The molecule has 1 aliphatic rings. The number of ketones is 1. The first-order chi connectivity index (χ1) is 15.4. The second-order valence-corrected chi connectivity index (χ2v) is 12.4. The molecule has 184 valence electrons. The van der Waals surface area contributed by atoms with Gasteiger partial charge in [-0.2, -0.15) is 0 Å². The molecular formula is C26H39NO4S2. The van der Waals surface area contributed by atoms with E-state index in [1.54, 1.807) is 18.3 Å². The fraction of sp³-hybridized carbons (Fsp3) is 0.654. The van der Waals surface area contributed by atoms with Gasteiger partial charge in [0.25, 0.3) is 0 Å². The average molecular weight is 494 g/mol. The highest BCUT2D eigenvalue weighted by Gasteiger charge is 2.37. The van der Waals surface area contributed by atoms with Gasteiger partial charge >= 0.3 is 5.97 Å². The number of thiazole rings is 1. The molecular weight excluding hydrogens is 454 g/mol. The minimum atomic E-state index is -0.787. The summed E-state index contributed by atoms with van der Waals surface area (Å²) in [6.07, 6.45) is 6.39. The highest BCUT2D eigenvalue weighted by molar-refractivity contribution is 8.02. The molecule has 4 atom stereocenters. The molecule has 0 amide bonds. The van der Waals surface area contributed by atoms with Crippen LogP contribution in [0.5, 0.6) is 0 Å². The molecule has 33 heavy (non-hydrogen) atoms. The van der Waals surface area contributed by atoms with E-state index in [2.05, 4.69) is 18.0 Å². The van der Waals surface area contributed by atoms with Crippen LogP contribution in [0.2, 0.25) is 0 Å². The number of aryl methyl sites for hydroxylation is 1. The number of ether oxygens (including phenoxy) is 1. The number of aliphatic hydroxyl groups excluding tert-OH is 1. The van der Waals surface area contributed by atoms with Gasteiger partial charge < -0.3 is 9.84 Å². The van der Waals surface area contributed by atoms with E-state index in [9.17, 15) is 14.7 Å². The van der Waals surface area contributed by atoms with E-state index >= 15 is 0 Å². The van der Waals surface area contributed by atoms with E-state index in [1.165, 1.54) is 17.3 Å². The van der Waals surface area contributed by atoms with E-state index in [1.807, 2.05) is 46.1 Å². The predicted octanol–water partition coefficient (Wildman–Crippen LogP) is 6.00. The summed E-state index contributed by atoms with van der Waals surface area (Å²) < 4.78 is 5.09. The number of aromatic nitrogens is 1. The Labute approximate surface area is 207 Å². The Morgan fingerprint density at radius 3 is 2.61 bits per heavy atom. The largest absolute Gasteiger partial charge is 0.457 e. The van der Waals surface area contributed by atoms with Gasteiger partial charge in [0, 0.05) is 17.7 Å². The summed E-state index contributed by atoms with van der Waals surface area (Å²) in [6.45, 7) is 13.5. The maximum atomic E-state index is 13.1. The molecule has 0 saturated heterocycles. The molecule has 1 aromatic rings. The Balaban J connectivity index is 2.27. The number of hydrogen-bond donors (Lipinski definition) is 1. The average Bonchev–Trinajstić information content (AvgIpc) is 3.17. The SMILES string of the molecule is C/C1=C/C[C@@H](/C(C)=C\c2csc(C)n2)OC(=O)CSC(C)(C)C(=O)[C@H](C)[C@@H](O)[C@@H](C)CCC1. The molecule has 1 aliphatic heterocycles. The van der Waals surface area contributed by atoms with Crippen LogP contribution in [0.1, 0.15) is 77.9 Å². The van der Waals surface area contributed by atoms with Crippen molar-refractivity contribution in [3.05, 3.63) is 33.3 Å². The first-order valence-corrected chi connectivity index (χ1v) is 13.6. The molecule has 2 rings (SSSR count). The smallest absolute Gasteiger partial charge is 0.316 e. The van der Waals surface area contributed by atoms with E-state index in [-0.39, 0.29) is 29.5 Å². The van der Waals surface area contributed by atoms with Gasteiger partial charge in [0.15, 0.2) is 5.78 Å². The molecule has 0 aliphatic carbocycles. The Morgan fingerprint density at radius 1 is 1.27 bits per heavy atom. The first-order valence-electron chi connectivity index (χ1n) is 11.7. The number of cyclic esters (lactones) is 1. The van der Waals surface area contributed by atoms with E-state index in [0.29, 0.717) is 6.42 Å². The highest BCUT2D eigenvalue weighted by Crippen LogP contribution is 2.32. The van der Waals surface area contributed by atoms with Gasteiger partial charge in [-0.25, -0.2) is 4.98 Å². The number of esters is 1. The van der Waals surface area contributed by atoms with Crippen molar-refractivity contribution < 1.29 is 19.4 Å². The number of Topliss-reactive ketones (excluding diaryl/α,β-unsaturated/α-hetero) is 1. The van der Waals surface area contributed by atoms with E-state index < -0.39 is 16.8 Å². The predicted molar refractivity (Wildman–Crippen MR) is 138 cm³/mol. The zero-order valence-corrected chi connectivity index (χ0v) is 22.6. The lowest BCUT2D eigenvalue weighted by Gasteiger charge is -2.31. The summed E-state index contributed by atoms with van der Waals surface area (Å²) in [7, 11) is 0. The van der Waals surface area contributed by atoms with Crippen LogP contribution in [0.25, 0.3) is 6.08 Å². The van der Waals surface area contributed by atoms with Crippen LogP contribution in [-0.4, -0.2) is 44.6 Å². The number of carbonyl (C=O) groups excluding carboxylic acids is 2. The summed E-state index contributed by atoms with van der Waals surface area (Å²) >= 11 is 2.87. The topological polar surface area (TPSA) is 76.5 Å². The van der Waals surface area contributed by atoms with Crippen LogP contribution in [0, 0.1) is 18.8 Å². The fourth-order valence-corrected chi connectivity index (χ4v) is 5.53. The van der Waals surface area contributed by atoms with Gasteiger partial charge in [0.05, 0.1) is 27.3 Å². The fourth-order valence-electron chi connectivity index (χ4n) is 4.08. The van der Waals surface area contributed by atoms with Gasteiger partial charge in [0.2, 0.25) is 0 Å². The zero-order valence-electron chi connectivity index (χ0n) is 21.0. The monoisotopic (exact) mass is 493 g/mol. The molecule has 0 fully saturated rings. The Bertz CT molecular complexity index is 887. The van der Waals surface area contributed by atoms with Gasteiger partial charge in [-0.1, -0.05) is 25.5 Å². The normalized spacial score (nSPS) is 30.4. The number of rotatable bonds is 2. The minimum Gasteiger partial charge on any atom is -0.457 e. The maximum absolute atomic E-state index is 13.1. The number of allylic oxidation sites excluding steroid dienone is 1. The molecule has 0 unspecified atom stereocenters. The van der Waals surface area contributed by atoms with Crippen LogP contribution in [0.4, 0.5) is 0 Å². The summed E-state index contributed by atoms with van der Waals surface area (Å²) in [6, 6.07) is 0. The first kappa shape index (κ1) is 27.8. The second kappa shape index (κ2) is 12.3. The number of carbonyl (C=O) groups is 2. The summed E-state index contributed by atoms with van der Waals surface area (Å²) in [5.74, 6) is -0.737. The van der Waals surface area contributed by atoms with Crippen molar-refractivity contribution in [2.45, 2.75) is 91.1 Å². The van der Waals surface area contributed by atoms with Crippen LogP contribution in [0.3, 0.4) is 0 Å². The zero-order chi connectivity index (χ0) is 24.8. The second-order valence-electron chi connectivity index (χ2n) is 9.76. The lowest BCUT2D eigenvalue weighted by molar-refractivity contribution is -0.143. The third-order valence-corrected chi connectivity index (χ3v) is 8.45. The van der Waals surface area contributed by atoms with Gasteiger partial charge in [0.1, 0.15) is 6.10 Å². The lowest BCUT2D eigenvalue weighted by Crippen LogP contribution is -2.41. The third kappa shape index (κ3) is 8.37. The summed E-state index contributed by atoms with van der Waals surface area (Å²) in [5, 5.41) is 13.7. The van der Waals surface area contributed by atoms with Crippen LogP contribution in [0.15, 0.2) is 22.6 Å². The number of nitrogens with zero attached hydrogens (tertiary/aromatic N) is 1. The lowest BCUT2D eigenvalue weighted by atomic mass is 9.83. The Hall–Kier alpha value is -1.44. The van der Waals surface area contributed by atoms with Crippen molar-refractivity contribution in [1.29, 1.82) is 0 Å². The van der Waals surface area contributed by atoms with Crippen LogP contribution < -0.4 is 0 Å². The molecule has 0 saturated carbocycles. The number of hydrogen-bond acceptors (Lipinski definition) is 7. The van der Waals surface area contributed by atoms with Gasteiger partial charge in [-0.15, -0.1) is 23.1 Å². The third-order valence-electron chi connectivity index (χ3n) is 6.36. The van der Waals surface area contributed by atoms with E-state index in [0.717, 1.165) is 35.5 Å². The quantitative estimate of drug-likeness (QED) is 0.402. The number of thioether (sulfide) groups is 1. The molecule has 2 heterocycles. The Kier molecular flexibility index (Phi) is 10.4. The van der Waals surface area contributed by atoms with Crippen molar-refractivity contribution in [1.82, 2.24) is 4.98 Å². The molecule has 0 aromatic carbocycles. The molecule has 7 heteroatoms. The molecule has 0 spiro atoms. The van der Waals surface area contributed by atoms with Crippen molar-refractivity contribution in [2.75, 3.05) is 5.75 Å². The van der Waals surface area contributed by atoms with Crippen molar-refractivity contribution in [3.8, 4) is 0 Å². The van der Waals surface area contributed by atoms with E-state index in [4.69, 9.17) is 4.74 Å². The van der Waals surface area contributed by atoms with Gasteiger partial charge in [-0.3, -0.25) is 9.59 Å². The summed E-state index contributed by atoms with van der Waals surface area (Å²) in [5.41, 5.74) is 3.06. The Morgan fingerprint density at radius 2 is 1.97 bits per heavy atom.